The summed E-state index contributed by atoms with van der Waals surface area (Å²) in [4.78, 5) is 8.60. The third-order valence-electron chi connectivity index (χ3n) is 4.89. The molecule has 4 heteroatoms. The van der Waals surface area contributed by atoms with Crippen molar-refractivity contribution in [3.05, 3.63) is 45.3 Å². The zero-order valence-corrected chi connectivity index (χ0v) is 14.1. The summed E-state index contributed by atoms with van der Waals surface area (Å²) in [6, 6.07) is 6.61. The molecule has 2 aromatic heterocycles. The lowest BCUT2D eigenvalue weighted by molar-refractivity contribution is -0.0735. The Morgan fingerprint density at radius 2 is 2.05 bits per heavy atom. The maximum Gasteiger partial charge on any atom is 0.129 e. The number of hydrogen-bond acceptors (Lipinski definition) is 4. The summed E-state index contributed by atoms with van der Waals surface area (Å²) < 4.78 is 6.29. The average Bonchev–Trinajstić information content (AvgIpc) is 2.97. The van der Waals surface area contributed by atoms with Gasteiger partial charge in [-0.25, -0.2) is 4.98 Å². The average molecular weight is 314 g/mol. The van der Waals surface area contributed by atoms with Crippen molar-refractivity contribution in [2.24, 2.45) is 0 Å². The molecule has 2 aromatic rings. The Bertz CT molecular complexity index is 666. The number of piperidine rings is 1. The fourth-order valence-electron chi connectivity index (χ4n) is 3.80. The molecule has 0 atom stereocenters. The molecule has 0 amide bonds. The fraction of sp³-hybridized carbons (Fsp3) is 0.500. The molecule has 4 heterocycles. The number of hydrogen-bond donors (Lipinski definition) is 0. The normalized spacial score (nSPS) is 20.2. The van der Waals surface area contributed by atoms with Crippen LogP contribution in [-0.4, -0.2) is 24.7 Å². The van der Waals surface area contributed by atoms with Crippen LogP contribution in [0.25, 0.3) is 0 Å². The van der Waals surface area contributed by atoms with E-state index in [1.54, 1.807) is 0 Å². The van der Waals surface area contributed by atoms with Crippen molar-refractivity contribution in [2.75, 3.05) is 24.6 Å². The molecule has 0 saturated carbocycles. The summed E-state index contributed by atoms with van der Waals surface area (Å²) in [5, 5.41) is 2.22. The van der Waals surface area contributed by atoms with Crippen LogP contribution in [-0.2, 0) is 16.8 Å². The van der Waals surface area contributed by atoms with Gasteiger partial charge < -0.3 is 9.64 Å². The van der Waals surface area contributed by atoms with Crippen molar-refractivity contribution in [3.63, 3.8) is 0 Å². The molecule has 0 aliphatic carbocycles. The van der Waals surface area contributed by atoms with Gasteiger partial charge in [-0.05, 0) is 67.8 Å². The van der Waals surface area contributed by atoms with Gasteiger partial charge in [0.2, 0.25) is 0 Å². The van der Waals surface area contributed by atoms with Gasteiger partial charge in [0.05, 0.1) is 6.61 Å². The van der Waals surface area contributed by atoms with Crippen molar-refractivity contribution < 1.29 is 4.74 Å². The highest BCUT2D eigenvalue weighted by atomic mass is 32.1. The van der Waals surface area contributed by atoms with E-state index in [4.69, 9.17) is 9.72 Å². The van der Waals surface area contributed by atoms with E-state index in [0.29, 0.717) is 0 Å². The summed E-state index contributed by atoms with van der Waals surface area (Å²) in [7, 11) is 0. The second-order valence-corrected chi connectivity index (χ2v) is 7.41. The molecule has 22 heavy (non-hydrogen) atoms. The molecule has 0 unspecified atom stereocenters. The maximum atomic E-state index is 6.29. The number of aromatic nitrogens is 1. The van der Waals surface area contributed by atoms with Crippen LogP contribution in [0.15, 0.2) is 23.6 Å². The number of rotatable bonds is 1. The SMILES string of the molecule is Cc1cc(C)nc(N2CCC3(CC2)OCCc2ccsc23)c1. The number of nitrogens with zero attached hydrogens (tertiary/aromatic N) is 2. The van der Waals surface area contributed by atoms with Crippen LogP contribution in [0.5, 0.6) is 0 Å². The maximum absolute atomic E-state index is 6.29. The van der Waals surface area contributed by atoms with Gasteiger partial charge in [0.1, 0.15) is 11.4 Å². The van der Waals surface area contributed by atoms with E-state index < -0.39 is 0 Å². The Hall–Kier alpha value is -1.39. The first-order chi connectivity index (χ1) is 10.7. The van der Waals surface area contributed by atoms with Gasteiger partial charge in [-0.3, -0.25) is 0 Å². The van der Waals surface area contributed by atoms with E-state index in [1.165, 1.54) is 16.0 Å². The molecular weight excluding hydrogens is 292 g/mol. The first-order valence-electron chi connectivity index (χ1n) is 8.07. The Labute approximate surface area is 135 Å². The minimum Gasteiger partial charge on any atom is -0.369 e. The largest absolute Gasteiger partial charge is 0.369 e. The van der Waals surface area contributed by atoms with Gasteiger partial charge in [-0.15, -0.1) is 11.3 Å². The Kier molecular flexibility index (Phi) is 3.46. The molecule has 2 aliphatic heterocycles. The number of anilines is 1. The van der Waals surface area contributed by atoms with Crippen LogP contribution in [0.2, 0.25) is 0 Å². The molecule has 1 fully saturated rings. The number of pyridine rings is 1. The van der Waals surface area contributed by atoms with E-state index in [9.17, 15) is 0 Å². The zero-order chi connectivity index (χ0) is 15.2. The molecule has 2 aliphatic rings. The van der Waals surface area contributed by atoms with Gasteiger partial charge in [0.25, 0.3) is 0 Å². The quantitative estimate of drug-likeness (QED) is 0.800. The molecule has 0 N–H and O–H groups in total. The highest BCUT2D eigenvalue weighted by molar-refractivity contribution is 7.10. The predicted molar refractivity (Wildman–Crippen MR) is 90.8 cm³/mol. The second-order valence-electron chi connectivity index (χ2n) is 6.50. The summed E-state index contributed by atoms with van der Waals surface area (Å²) in [6.45, 7) is 7.13. The summed E-state index contributed by atoms with van der Waals surface area (Å²) in [5.41, 5.74) is 3.87. The highest BCUT2D eigenvalue weighted by Gasteiger charge is 2.41. The van der Waals surface area contributed by atoms with E-state index >= 15 is 0 Å². The fourth-order valence-corrected chi connectivity index (χ4v) is 4.97. The second kappa shape index (κ2) is 5.36. The Morgan fingerprint density at radius 3 is 2.82 bits per heavy atom. The van der Waals surface area contributed by atoms with Crippen LogP contribution in [0.4, 0.5) is 5.82 Å². The number of thiophene rings is 1. The van der Waals surface area contributed by atoms with Crippen LogP contribution in [0.1, 0.15) is 34.5 Å². The smallest absolute Gasteiger partial charge is 0.129 e. The van der Waals surface area contributed by atoms with Crippen LogP contribution >= 0.6 is 11.3 Å². The van der Waals surface area contributed by atoms with Crippen LogP contribution in [0.3, 0.4) is 0 Å². The molecule has 1 saturated heterocycles. The molecule has 0 bridgehead atoms. The molecule has 3 nitrogen and oxygen atoms in total. The van der Waals surface area contributed by atoms with Crippen molar-refractivity contribution in [3.8, 4) is 0 Å². The lowest BCUT2D eigenvalue weighted by Crippen LogP contribution is -2.46. The third kappa shape index (κ3) is 2.34. The minimum atomic E-state index is -0.0306. The highest BCUT2D eigenvalue weighted by Crippen LogP contribution is 2.44. The topological polar surface area (TPSA) is 25.4 Å². The summed E-state index contributed by atoms with van der Waals surface area (Å²) in [6.07, 6.45) is 3.20. The van der Waals surface area contributed by atoms with Crippen LogP contribution < -0.4 is 4.90 Å². The minimum absolute atomic E-state index is 0.0306. The number of ether oxygens (including phenoxy) is 1. The Morgan fingerprint density at radius 1 is 1.23 bits per heavy atom. The number of aryl methyl sites for hydroxylation is 2. The zero-order valence-electron chi connectivity index (χ0n) is 13.3. The van der Waals surface area contributed by atoms with E-state index in [2.05, 4.69) is 42.3 Å². The van der Waals surface area contributed by atoms with Crippen molar-refractivity contribution in [1.82, 2.24) is 4.98 Å². The molecular formula is C18H22N2OS. The molecule has 4 rings (SSSR count). The van der Waals surface area contributed by atoms with E-state index in [1.807, 2.05) is 11.3 Å². The monoisotopic (exact) mass is 314 g/mol. The van der Waals surface area contributed by atoms with Crippen molar-refractivity contribution in [2.45, 2.75) is 38.7 Å². The third-order valence-corrected chi connectivity index (χ3v) is 6.03. The van der Waals surface area contributed by atoms with E-state index in [0.717, 1.165) is 50.5 Å². The number of fused-ring (bicyclic) bond motifs is 2. The van der Waals surface area contributed by atoms with Gasteiger partial charge in [0.15, 0.2) is 0 Å². The first kappa shape index (κ1) is 14.2. The van der Waals surface area contributed by atoms with Gasteiger partial charge in [-0.2, -0.15) is 0 Å². The predicted octanol–water partition coefficient (Wildman–Crippen LogP) is 3.83. The van der Waals surface area contributed by atoms with Gasteiger partial charge in [0, 0.05) is 23.7 Å². The lowest BCUT2D eigenvalue weighted by Gasteiger charge is -2.44. The first-order valence-corrected chi connectivity index (χ1v) is 8.95. The molecule has 0 aromatic carbocycles. The van der Waals surface area contributed by atoms with Crippen LogP contribution in [0, 0.1) is 13.8 Å². The summed E-state index contributed by atoms with van der Waals surface area (Å²) in [5.74, 6) is 1.12. The lowest BCUT2D eigenvalue weighted by atomic mass is 9.85. The Balaban J connectivity index is 1.56. The van der Waals surface area contributed by atoms with Gasteiger partial charge >= 0.3 is 0 Å². The summed E-state index contributed by atoms with van der Waals surface area (Å²) >= 11 is 1.87. The van der Waals surface area contributed by atoms with Crippen molar-refractivity contribution in [1.29, 1.82) is 0 Å². The van der Waals surface area contributed by atoms with Gasteiger partial charge in [-0.1, -0.05) is 0 Å². The van der Waals surface area contributed by atoms with E-state index in [-0.39, 0.29) is 5.60 Å². The molecule has 116 valence electrons. The standard InChI is InChI=1S/C18H22N2OS/c1-13-11-14(2)19-16(12-13)20-7-5-18(6-8-20)17-15(3-9-21-18)4-10-22-17/h4,10-12H,3,5-9H2,1-2H3. The molecule has 1 spiro atoms. The van der Waals surface area contributed by atoms with Crippen molar-refractivity contribution >= 4 is 17.2 Å². The molecule has 0 radical (unpaired) electrons.